The van der Waals surface area contributed by atoms with Crippen LogP contribution in [0.2, 0.25) is 4.34 Å². The highest BCUT2D eigenvalue weighted by molar-refractivity contribution is 7.15. The van der Waals surface area contributed by atoms with E-state index in [1.807, 2.05) is 4.90 Å². The van der Waals surface area contributed by atoms with Gasteiger partial charge in [-0.1, -0.05) is 11.6 Å². The quantitative estimate of drug-likeness (QED) is 0.910. The van der Waals surface area contributed by atoms with Gasteiger partial charge in [0.15, 0.2) is 0 Å². The molecule has 0 radical (unpaired) electrons. The molecular weight excluding hydrogens is 296 g/mol. The standard InChI is InChI=1S/C13H19ClN4OS/c14-11-8-16-12(20-11)9-18-5-1-2-10(18)13(19)17-6-3-15-4-7-17/h8,10,15H,1-7,9H2. The number of carbonyl (C=O) groups is 1. The van der Waals surface area contributed by atoms with Gasteiger partial charge in [-0.05, 0) is 19.4 Å². The summed E-state index contributed by atoms with van der Waals surface area (Å²) in [6, 6.07) is 0.0239. The SMILES string of the molecule is O=C(C1CCCN1Cc1ncc(Cl)s1)N1CCNCC1. The fourth-order valence-electron chi connectivity index (χ4n) is 2.93. The van der Waals surface area contributed by atoms with Gasteiger partial charge in [0.1, 0.15) is 9.34 Å². The summed E-state index contributed by atoms with van der Waals surface area (Å²) < 4.78 is 0.712. The molecule has 0 bridgehead atoms. The summed E-state index contributed by atoms with van der Waals surface area (Å²) in [6.07, 6.45) is 3.73. The van der Waals surface area contributed by atoms with E-state index in [0.29, 0.717) is 4.34 Å². The number of nitrogens with one attached hydrogen (secondary N) is 1. The number of amides is 1. The second-order valence-corrected chi connectivity index (χ2v) is 7.01. The Morgan fingerprint density at radius 1 is 1.45 bits per heavy atom. The van der Waals surface area contributed by atoms with Gasteiger partial charge < -0.3 is 10.2 Å². The highest BCUT2D eigenvalue weighted by Crippen LogP contribution is 2.25. The molecular formula is C13H19ClN4OS. The summed E-state index contributed by atoms with van der Waals surface area (Å²) >= 11 is 7.42. The number of carbonyl (C=O) groups excluding carboxylic acids is 1. The van der Waals surface area contributed by atoms with Crippen molar-refractivity contribution >= 4 is 28.8 Å². The molecule has 1 unspecified atom stereocenters. The molecule has 5 nitrogen and oxygen atoms in total. The molecule has 2 fully saturated rings. The Hall–Kier alpha value is -0.690. The molecule has 0 aliphatic carbocycles. The lowest BCUT2D eigenvalue weighted by Gasteiger charge is -2.32. The largest absolute Gasteiger partial charge is 0.339 e. The van der Waals surface area contributed by atoms with Crippen LogP contribution in [0.25, 0.3) is 0 Å². The third kappa shape index (κ3) is 3.14. The predicted molar refractivity (Wildman–Crippen MR) is 80.0 cm³/mol. The van der Waals surface area contributed by atoms with E-state index in [-0.39, 0.29) is 11.9 Å². The minimum absolute atomic E-state index is 0.0239. The van der Waals surface area contributed by atoms with Crippen molar-refractivity contribution in [1.82, 2.24) is 20.1 Å². The second-order valence-electron chi connectivity index (χ2n) is 5.26. The molecule has 2 aliphatic heterocycles. The lowest BCUT2D eigenvalue weighted by molar-refractivity contribution is -0.136. The van der Waals surface area contributed by atoms with Crippen LogP contribution in [0.15, 0.2) is 6.20 Å². The molecule has 0 spiro atoms. The third-order valence-corrected chi connectivity index (χ3v) is 5.04. The Bertz CT molecular complexity index is 475. The summed E-state index contributed by atoms with van der Waals surface area (Å²) in [7, 11) is 0. The minimum atomic E-state index is 0.0239. The smallest absolute Gasteiger partial charge is 0.240 e. The summed E-state index contributed by atoms with van der Waals surface area (Å²) in [6.45, 7) is 5.17. The van der Waals surface area contributed by atoms with Crippen LogP contribution in [-0.4, -0.2) is 59.5 Å². The van der Waals surface area contributed by atoms with Crippen molar-refractivity contribution in [3.63, 3.8) is 0 Å². The zero-order valence-corrected chi connectivity index (χ0v) is 12.9. The van der Waals surface area contributed by atoms with Gasteiger partial charge in [-0.2, -0.15) is 0 Å². The number of thiazole rings is 1. The third-order valence-electron chi connectivity index (χ3n) is 3.94. The van der Waals surface area contributed by atoms with Crippen molar-refractivity contribution in [3.05, 3.63) is 15.5 Å². The highest BCUT2D eigenvalue weighted by atomic mass is 35.5. The predicted octanol–water partition coefficient (Wildman–Crippen LogP) is 1.19. The van der Waals surface area contributed by atoms with E-state index in [1.54, 1.807) is 6.20 Å². The van der Waals surface area contributed by atoms with Gasteiger partial charge >= 0.3 is 0 Å². The first-order chi connectivity index (χ1) is 9.74. The molecule has 1 N–H and O–H groups in total. The van der Waals surface area contributed by atoms with E-state index in [4.69, 9.17) is 11.6 Å². The summed E-state index contributed by atoms with van der Waals surface area (Å²) in [5, 5.41) is 4.28. The number of halogens is 1. The first-order valence-electron chi connectivity index (χ1n) is 7.08. The molecule has 2 aliphatic rings. The number of hydrogen-bond donors (Lipinski definition) is 1. The topological polar surface area (TPSA) is 48.5 Å². The molecule has 1 amide bonds. The van der Waals surface area contributed by atoms with Crippen molar-refractivity contribution in [2.24, 2.45) is 0 Å². The van der Waals surface area contributed by atoms with Crippen molar-refractivity contribution in [2.75, 3.05) is 32.7 Å². The summed E-state index contributed by atoms with van der Waals surface area (Å²) in [5.74, 6) is 0.284. The van der Waals surface area contributed by atoms with Crippen molar-refractivity contribution in [1.29, 1.82) is 0 Å². The maximum atomic E-state index is 12.6. The molecule has 2 saturated heterocycles. The molecule has 3 heterocycles. The number of aromatic nitrogens is 1. The molecule has 1 atom stereocenters. The van der Waals surface area contributed by atoms with E-state index in [0.717, 1.165) is 57.1 Å². The van der Waals surface area contributed by atoms with Crippen LogP contribution in [0.3, 0.4) is 0 Å². The van der Waals surface area contributed by atoms with Gasteiger partial charge in [0, 0.05) is 26.2 Å². The van der Waals surface area contributed by atoms with Crippen LogP contribution in [0.5, 0.6) is 0 Å². The normalized spacial score (nSPS) is 24.2. The van der Waals surface area contributed by atoms with Gasteiger partial charge in [-0.25, -0.2) is 4.98 Å². The van der Waals surface area contributed by atoms with Crippen LogP contribution >= 0.6 is 22.9 Å². The maximum Gasteiger partial charge on any atom is 0.240 e. The summed E-state index contributed by atoms with van der Waals surface area (Å²) in [4.78, 5) is 21.2. The van der Waals surface area contributed by atoms with Crippen molar-refractivity contribution < 1.29 is 4.79 Å². The van der Waals surface area contributed by atoms with E-state index in [1.165, 1.54) is 11.3 Å². The average Bonchev–Trinajstić information content (AvgIpc) is 3.09. The minimum Gasteiger partial charge on any atom is -0.339 e. The lowest BCUT2D eigenvalue weighted by Crippen LogP contribution is -2.52. The molecule has 3 rings (SSSR count). The van der Waals surface area contributed by atoms with Gasteiger partial charge in [0.05, 0.1) is 18.8 Å². The zero-order chi connectivity index (χ0) is 13.9. The van der Waals surface area contributed by atoms with E-state index >= 15 is 0 Å². The van der Waals surface area contributed by atoms with Gasteiger partial charge in [0.25, 0.3) is 0 Å². The van der Waals surface area contributed by atoms with Crippen LogP contribution in [-0.2, 0) is 11.3 Å². The Labute approximate surface area is 127 Å². The number of nitrogens with zero attached hydrogens (tertiary/aromatic N) is 3. The second kappa shape index (κ2) is 6.39. The fraction of sp³-hybridized carbons (Fsp3) is 0.692. The average molecular weight is 315 g/mol. The van der Waals surface area contributed by atoms with Gasteiger partial charge in [-0.15, -0.1) is 11.3 Å². The van der Waals surface area contributed by atoms with Crippen molar-refractivity contribution in [3.8, 4) is 0 Å². The van der Waals surface area contributed by atoms with Crippen LogP contribution in [0.4, 0.5) is 0 Å². The Morgan fingerprint density at radius 2 is 2.25 bits per heavy atom. The maximum absolute atomic E-state index is 12.6. The Morgan fingerprint density at radius 3 is 2.95 bits per heavy atom. The van der Waals surface area contributed by atoms with E-state index in [2.05, 4.69) is 15.2 Å². The van der Waals surface area contributed by atoms with Crippen LogP contribution in [0.1, 0.15) is 17.8 Å². The monoisotopic (exact) mass is 314 g/mol. The molecule has 20 heavy (non-hydrogen) atoms. The van der Waals surface area contributed by atoms with Crippen molar-refractivity contribution in [2.45, 2.75) is 25.4 Å². The molecule has 110 valence electrons. The molecule has 1 aromatic rings. The zero-order valence-electron chi connectivity index (χ0n) is 11.3. The summed E-state index contributed by atoms with van der Waals surface area (Å²) in [5.41, 5.74) is 0. The highest BCUT2D eigenvalue weighted by Gasteiger charge is 2.34. The fourth-order valence-corrected chi connectivity index (χ4v) is 3.91. The molecule has 7 heteroatoms. The number of hydrogen-bond acceptors (Lipinski definition) is 5. The van der Waals surface area contributed by atoms with Crippen LogP contribution in [0, 0.1) is 0 Å². The lowest BCUT2D eigenvalue weighted by atomic mass is 10.1. The molecule has 1 aromatic heterocycles. The first-order valence-corrected chi connectivity index (χ1v) is 8.27. The molecule has 0 saturated carbocycles. The number of likely N-dealkylation sites (tertiary alicyclic amines) is 1. The first kappa shape index (κ1) is 14.3. The number of rotatable bonds is 3. The Kier molecular flexibility index (Phi) is 4.55. The van der Waals surface area contributed by atoms with E-state index in [9.17, 15) is 4.79 Å². The van der Waals surface area contributed by atoms with Gasteiger partial charge in [0.2, 0.25) is 5.91 Å². The molecule has 0 aromatic carbocycles. The Balaban J connectivity index is 1.63. The van der Waals surface area contributed by atoms with Crippen LogP contribution < -0.4 is 5.32 Å². The van der Waals surface area contributed by atoms with E-state index < -0.39 is 0 Å². The number of piperazine rings is 1. The van der Waals surface area contributed by atoms with Gasteiger partial charge in [-0.3, -0.25) is 9.69 Å².